The molecule has 0 spiro atoms. The first-order chi connectivity index (χ1) is 14.0. The van der Waals surface area contributed by atoms with Crippen molar-refractivity contribution < 1.29 is 14.3 Å². The summed E-state index contributed by atoms with van der Waals surface area (Å²) >= 11 is 11.8. The molecule has 0 bridgehead atoms. The number of nitrogens with zero attached hydrogens (tertiary/aromatic N) is 1. The van der Waals surface area contributed by atoms with Gasteiger partial charge in [-0.1, -0.05) is 35.3 Å². The van der Waals surface area contributed by atoms with Crippen LogP contribution in [0.3, 0.4) is 0 Å². The zero-order valence-corrected chi connectivity index (χ0v) is 16.9. The molecule has 6 heteroatoms. The van der Waals surface area contributed by atoms with E-state index in [-0.39, 0.29) is 10.6 Å². The van der Waals surface area contributed by atoms with Gasteiger partial charge in [-0.2, -0.15) is 5.26 Å². The first-order valence-corrected chi connectivity index (χ1v) is 9.29. The van der Waals surface area contributed by atoms with E-state index in [0.29, 0.717) is 22.1 Å². The molecular formula is C23H15Cl2NO3. The van der Waals surface area contributed by atoms with Gasteiger partial charge in [0.1, 0.15) is 11.5 Å². The maximum atomic E-state index is 12.3. The van der Waals surface area contributed by atoms with Crippen molar-refractivity contribution >= 4 is 40.8 Å². The summed E-state index contributed by atoms with van der Waals surface area (Å²) in [6.45, 7) is 0. The summed E-state index contributed by atoms with van der Waals surface area (Å²) < 4.78 is 10.6. The van der Waals surface area contributed by atoms with Gasteiger partial charge in [0.2, 0.25) is 0 Å². The van der Waals surface area contributed by atoms with Crippen molar-refractivity contribution in [2.24, 2.45) is 0 Å². The molecule has 0 aliphatic carbocycles. The molecule has 0 atom stereocenters. The second-order valence-electron chi connectivity index (χ2n) is 5.99. The SMILES string of the molecule is COc1ccc(/C(C#N)=C\c2cccc(OC(=O)c3ccc(Cl)c(Cl)c3)c2)cc1. The highest BCUT2D eigenvalue weighted by atomic mass is 35.5. The molecule has 0 aromatic heterocycles. The quantitative estimate of drug-likeness (QED) is 0.209. The molecule has 144 valence electrons. The van der Waals surface area contributed by atoms with Crippen LogP contribution in [0, 0.1) is 11.3 Å². The topological polar surface area (TPSA) is 59.3 Å². The molecule has 3 rings (SSSR count). The van der Waals surface area contributed by atoms with E-state index in [4.69, 9.17) is 32.7 Å². The van der Waals surface area contributed by atoms with Crippen LogP contribution in [0.4, 0.5) is 0 Å². The second-order valence-corrected chi connectivity index (χ2v) is 6.80. The van der Waals surface area contributed by atoms with E-state index in [9.17, 15) is 10.1 Å². The predicted octanol–water partition coefficient (Wildman–Crippen LogP) is 6.29. The van der Waals surface area contributed by atoms with E-state index in [1.807, 2.05) is 18.2 Å². The van der Waals surface area contributed by atoms with Gasteiger partial charge in [0.05, 0.1) is 34.4 Å². The summed E-state index contributed by atoms with van der Waals surface area (Å²) in [5.41, 5.74) is 2.24. The number of methoxy groups -OCH3 is 1. The first kappa shape index (κ1) is 20.5. The Bertz CT molecular complexity index is 1120. The van der Waals surface area contributed by atoms with Crippen molar-refractivity contribution in [3.63, 3.8) is 0 Å². The van der Waals surface area contributed by atoms with E-state index < -0.39 is 5.97 Å². The third kappa shape index (κ3) is 5.17. The Kier molecular flexibility index (Phi) is 6.56. The van der Waals surface area contributed by atoms with E-state index in [1.165, 1.54) is 18.2 Å². The zero-order valence-electron chi connectivity index (χ0n) is 15.4. The number of carbonyl (C=O) groups is 1. The number of nitriles is 1. The zero-order chi connectivity index (χ0) is 20.8. The van der Waals surface area contributed by atoms with Crippen LogP contribution in [0.15, 0.2) is 66.7 Å². The predicted molar refractivity (Wildman–Crippen MR) is 114 cm³/mol. The van der Waals surface area contributed by atoms with Crippen molar-refractivity contribution in [3.05, 3.63) is 93.5 Å². The summed E-state index contributed by atoms with van der Waals surface area (Å²) in [4.78, 5) is 12.3. The van der Waals surface area contributed by atoms with Crippen LogP contribution in [0.25, 0.3) is 11.6 Å². The normalized spacial score (nSPS) is 10.9. The average molecular weight is 424 g/mol. The fourth-order valence-corrected chi connectivity index (χ4v) is 2.87. The Morgan fingerprint density at radius 1 is 0.931 bits per heavy atom. The summed E-state index contributed by atoms with van der Waals surface area (Å²) in [6, 6.07) is 20.8. The molecule has 0 fully saturated rings. The fourth-order valence-electron chi connectivity index (χ4n) is 2.57. The minimum absolute atomic E-state index is 0.274. The lowest BCUT2D eigenvalue weighted by Gasteiger charge is -2.07. The Labute approximate surface area is 178 Å². The summed E-state index contributed by atoms with van der Waals surface area (Å²) in [6.07, 6.45) is 1.72. The van der Waals surface area contributed by atoms with Gasteiger partial charge in [-0.3, -0.25) is 0 Å². The minimum atomic E-state index is -0.555. The molecule has 0 unspecified atom stereocenters. The molecule has 0 heterocycles. The average Bonchev–Trinajstić information content (AvgIpc) is 2.74. The van der Waals surface area contributed by atoms with Gasteiger partial charge >= 0.3 is 5.97 Å². The number of halogens is 2. The second kappa shape index (κ2) is 9.29. The highest BCUT2D eigenvalue weighted by Crippen LogP contribution is 2.25. The van der Waals surface area contributed by atoms with Gasteiger partial charge in [-0.15, -0.1) is 0 Å². The van der Waals surface area contributed by atoms with Gasteiger partial charge in [0.15, 0.2) is 0 Å². The van der Waals surface area contributed by atoms with Crippen molar-refractivity contribution in [3.8, 4) is 17.6 Å². The van der Waals surface area contributed by atoms with Crippen LogP contribution in [0.1, 0.15) is 21.5 Å². The van der Waals surface area contributed by atoms with Gasteiger partial charge in [0.25, 0.3) is 0 Å². The maximum absolute atomic E-state index is 12.3. The number of ether oxygens (including phenoxy) is 2. The maximum Gasteiger partial charge on any atom is 0.343 e. The molecule has 29 heavy (non-hydrogen) atoms. The van der Waals surface area contributed by atoms with Crippen LogP contribution in [0.5, 0.6) is 11.5 Å². The Hall–Kier alpha value is -3.26. The van der Waals surface area contributed by atoms with Gasteiger partial charge in [-0.05, 0) is 71.8 Å². The summed E-state index contributed by atoms with van der Waals surface area (Å²) in [7, 11) is 1.58. The number of esters is 1. The lowest BCUT2D eigenvalue weighted by molar-refractivity contribution is 0.0735. The van der Waals surface area contributed by atoms with Crippen LogP contribution >= 0.6 is 23.2 Å². The molecule has 0 aliphatic heterocycles. The van der Waals surface area contributed by atoms with Crippen LogP contribution in [-0.2, 0) is 0 Å². The van der Waals surface area contributed by atoms with Crippen molar-refractivity contribution in [1.82, 2.24) is 0 Å². The molecule has 3 aromatic carbocycles. The Morgan fingerprint density at radius 3 is 2.31 bits per heavy atom. The third-order valence-electron chi connectivity index (χ3n) is 4.06. The minimum Gasteiger partial charge on any atom is -0.497 e. The van der Waals surface area contributed by atoms with E-state index in [2.05, 4.69) is 6.07 Å². The first-order valence-electron chi connectivity index (χ1n) is 8.53. The highest BCUT2D eigenvalue weighted by Gasteiger charge is 2.11. The molecule has 4 nitrogen and oxygen atoms in total. The lowest BCUT2D eigenvalue weighted by Crippen LogP contribution is -2.08. The van der Waals surface area contributed by atoms with Crippen LogP contribution in [-0.4, -0.2) is 13.1 Å². The smallest absolute Gasteiger partial charge is 0.343 e. The highest BCUT2D eigenvalue weighted by molar-refractivity contribution is 6.42. The molecular weight excluding hydrogens is 409 g/mol. The number of hydrogen-bond donors (Lipinski definition) is 0. The largest absolute Gasteiger partial charge is 0.497 e. The molecule has 0 saturated heterocycles. The Balaban J connectivity index is 1.82. The molecule has 3 aromatic rings. The molecule has 0 saturated carbocycles. The number of hydrogen-bond acceptors (Lipinski definition) is 4. The standard InChI is InChI=1S/C23H15Cl2NO3/c1-28-19-8-5-16(6-9-19)18(14-26)11-15-3-2-4-20(12-15)29-23(27)17-7-10-21(24)22(25)13-17/h2-13H,1H3/b18-11-. The molecule has 0 amide bonds. The number of allylic oxidation sites excluding steroid dienone is 1. The van der Waals surface area contributed by atoms with E-state index in [0.717, 1.165) is 11.1 Å². The fraction of sp³-hybridized carbons (Fsp3) is 0.0435. The van der Waals surface area contributed by atoms with Gasteiger partial charge in [-0.25, -0.2) is 4.79 Å². The van der Waals surface area contributed by atoms with E-state index in [1.54, 1.807) is 43.5 Å². The molecule has 0 N–H and O–H groups in total. The molecule has 0 aliphatic rings. The lowest BCUT2D eigenvalue weighted by atomic mass is 10.0. The summed E-state index contributed by atoms with van der Waals surface area (Å²) in [5.74, 6) is 0.504. The third-order valence-corrected chi connectivity index (χ3v) is 4.80. The van der Waals surface area contributed by atoms with Crippen molar-refractivity contribution in [1.29, 1.82) is 5.26 Å². The van der Waals surface area contributed by atoms with Crippen molar-refractivity contribution in [2.45, 2.75) is 0 Å². The number of rotatable bonds is 5. The number of carbonyl (C=O) groups excluding carboxylic acids is 1. The van der Waals surface area contributed by atoms with Gasteiger partial charge in [0, 0.05) is 0 Å². The van der Waals surface area contributed by atoms with Crippen LogP contribution in [0.2, 0.25) is 10.0 Å². The van der Waals surface area contributed by atoms with Crippen LogP contribution < -0.4 is 9.47 Å². The monoisotopic (exact) mass is 423 g/mol. The van der Waals surface area contributed by atoms with Gasteiger partial charge < -0.3 is 9.47 Å². The Morgan fingerprint density at radius 2 is 1.66 bits per heavy atom. The summed E-state index contributed by atoms with van der Waals surface area (Å²) in [5, 5.41) is 10.2. The van der Waals surface area contributed by atoms with Crippen molar-refractivity contribution in [2.75, 3.05) is 7.11 Å². The van der Waals surface area contributed by atoms with E-state index >= 15 is 0 Å². The number of benzene rings is 3. The molecule has 0 radical (unpaired) electrons.